The summed E-state index contributed by atoms with van der Waals surface area (Å²) in [6.45, 7) is 0. The number of fused-ring (bicyclic) bond motifs is 1. The number of halogens is 3. The van der Waals surface area contributed by atoms with Gasteiger partial charge in [0.15, 0.2) is 23.0 Å². The van der Waals surface area contributed by atoms with Gasteiger partial charge in [-0.2, -0.15) is 0 Å². The van der Waals surface area contributed by atoms with Crippen molar-refractivity contribution in [1.29, 1.82) is 0 Å². The Morgan fingerprint density at radius 1 is 1.19 bits per heavy atom. The third-order valence-electron chi connectivity index (χ3n) is 5.43. The van der Waals surface area contributed by atoms with Crippen LogP contribution in [0.15, 0.2) is 28.7 Å². The lowest BCUT2D eigenvalue weighted by Crippen LogP contribution is -2.68. The van der Waals surface area contributed by atoms with E-state index in [4.69, 9.17) is 4.42 Å². The summed E-state index contributed by atoms with van der Waals surface area (Å²) in [5, 5.41) is 12.4. The molecule has 3 aliphatic carbocycles. The fourth-order valence-corrected chi connectivity index (χ4v) is 3.90. The SMILES string of the molecule is O=C(NC12CC(C1)C2)c1ccc2oc(-c3c(F)cc(F)c(O)c3F)nc2c1. The standard InChI is InChI=1S/C19H13F3N2O3/c20-10-4-11(21)16(25)15(22)14(10)18-23-12-3-9(1-2-13(12)27-18)17(26)24-19-5-8(6-19)7-19/h1-4,8,25H,5-7H2,(H,24,26). The molecule has 1 amide bonds. The van der Waals surface area contributed by atoms with Crippen LogP contribution in [0.5, 0.6) is 5.75 Å². The Morgan fingerprint density at radius 2 is 1.93 bits per heavy atom. The second-order valence-electron chi connectivity index (χ2n) is 7.29. The zero-order valence-corrected chi connectivity index (χ0v) is 13.9. The van der Waals surface area contributed by atoms with Crippen LogP contribution in [0.2, 0.25) is 0 Å². The highest BCUT2D eigenvalue weighted by molar-refractivity contribution is 5.98. The van der Waals surface area contributed by atoms with Gasteiger partial charge in [0.25, 0.3) is 5.91 Å². The lowest BCUT2D eigenvalue weighted by Gasteiger charge is -2.61. The molecule has 3 aliphatic rings. The topological polar surface area (TPSA) is 75.4 Å². The number of rotatable bonds is 3. The summed E-state index contributed by atoms with van der Waals surface area (Å²) in [5.41, 5.74) is -0.0728. The van der Waals surface area contributed by atoms with Crippen LogP contribution in [-0.2, 0) is 0 Å². The van der Waals surface area contributed by atoms with Crippen LogP contribution in [0.3, 0.4) is 0 Å². The van der Waals surface area contributed by atoms with Gasteiger partial charge >= 0.3 is 0 Å². The molecule has 0 atom stereocenters. The summed E-state index contributed by atoms with van der Waals surface area (Å²) in [6.07, 6.45) is 3.01. The Hall–Kier alpha value is -3.03. The van der Waals surface area contributed by atoms with Gasteiger partial charge in [0.05, 0.1) is 0 Å². The van der Waals surface area contributed by atoms with Crippen molar-refractivity contribution in [2.45, 2.75) is 24.8 Å². The van der Waals surface area contributed by atoms with Crippen LogP contribution in [0, 0.1) is 23.4 Å². The van der Waals surface area contributed by atoms with Crippen LogP contribution in [-0.4, -0.2) is 21.5 Å². The largest absolute Gasteiger partial charge is 0.503 e. The molecule has 138 valence electrons. The van der Waals surface area contributed by atoms with Crippen molar-refractivity contribution < 1.29 is 27.5 Å². The number of phenolic OH excluding ortho intramolecular Hbond substituents is 1. The molecule has 5 nitrogen and oxygen atoms in total. The van der Waals surface area contributed by atoms with Gasteiger partial charge in [-0.15, -0.1) is 0 Å². The summed E-state index contributed by atoms with van der Waals surface area (Å²) < 4.78 is 46.6. The first kappa shape index (κ1) is 16.2. The number of nitrogens with zero attached hydrogens (tertiary/aromatic N) is 1. The number of benzene rings is 2. The number of aromatic hydroxyl groups is 1. The van der Waals surface area contributed by atoms with Gasteiger partial charge in [0.1, 0.15) is 16.9 Å². The van der Waals surface area contributed by atoms with Gasteiger partial charge < -0.3 is 14.8 Å². The van der Waals surface area contributed by atoms with E-state index in [1.54, 1.807) is 0 Å². The van der Waals surface area contributed by atoms with Crippen molar-refractivity contribution >= 4 is 17.0 Å². The number of carbonyl (C=O) groups excluding carboxylic acids is 1. The predicted molar refractivity (Wildman–Crippen MR) is 88.5 cm³/mol. The second kappa shape index (κ2) is 5.25. The van der Waals surface area contributed by atoms with Crippen molar-refractivity contribution in [3.63, 3.8) is 0 Å². The van der Waals surface area contributed by atoms with Crippen LogP contribution in [0.1, 0.15) is 29.6 Å². The van der Waals surface area contributed by atoms with E-state index in [0.717, 1.165) is 25.2 Å². The van der Waals surface area contributed by atoms with Crippen LogP contribution >= 0.6 is 0 Å². The zero-order chi connectivity index (χ0) is 18.9. The fourth-order valence-electron chi connectivity index (χ4n) is 3.90. The Balaban J connectivity index is 1.51. The highest BCUT2D eigenvalue weighted by Crippen LogP contribution is 2.57. The highest BCUT2D eigenvalue weighted by Gasteiger charge is 2.57. The smallest absolute Gasteiger partial charge is 0.251 e. The van der Waals surface area contributed by atoms with Crippen LogP contribution in [0.4, 0.5) is 13.2 Å². The number of hydrogen-bond acceptors (Lipinski definition) is 4. The number of hydrogen-bond donors (Lipinski definition) is 2. The number of aromatic nitrogens is 1. The quantitative estimate of drug-likeness (QED) is 0.729. The number of oxazole rings is 1. The average molecular weight is 374 g/mol. The van der Waals surface area contributed by atoms with E-state index in [0.29, 0.717) is 11.6 Å². The van der Waals surface area contributed by atoms with Gasteiger partial charge in [-0.1, -0.05) is 0 Å². The predicted octanol–water partition coefficient (Wildman–Crippen LogP) is 3.90. The van der Waals surface area contributed by atoms with Crippen LogP contribution < -0.4 is 5.32 Å². The molecule has 0 unspecified atom stereocenters. The molecule has 1 aromatic heterocycles. The van der Waals surface area contributed by atoms with Gasteiger partial charge in [-0.05, 0) is 43.4 Å². The van der Waals surface area contributed by atoms with E-state index in [1.165, 1.54) is 18.2 Å². The van der Waals surface area contributed by atoms with E-state index in [-0.39, 0.29) is 22.5 Å². The molecule has 3 saturated carbocycles. The van der Waals surface area contributed by atoms with Crippen molar-refractivity contribution in [3.8, 4) is 17.2 Å². The Labute approximate surface area is 150 Å². The van der Waals surface area contributed by atoms with Gasteiger partial charge in [0.2, 0.25) is 5.89 Å². The molecular weight excluding hydrogens is 361 g/mol. The second-order valence-corrected chi connectivity index (χ2v) is 7.29. The Morgan fingerprint density at radius 3 is 2.59 bits per heavy atom. The Bertz CT molecular complexity index is 1110. The maximum absolute atomic E-state index is 14.1. The lowest BCUT2D eigenvalue weighted by molar-refractivity contribution is -0.0438. The summed E-state index contributed by atoms with van der Waals surface area (Å²) in [6, 6.07) is 4.82. The molecule has 3 aromatic rings. The molecule has 0 aliphatic heterocycles. The van der Waals surface area contributed by atoms with Crippen molar-refractivity contribution in [2.24, 2.45) is 5.92 Å². The van der Waals surface area contributed by atoms with Crippen molar-refractivity contribution in [1.82, 2.24) is 10.3 Å². The van der Waals surface area contributed by atoms with E-state index < -0.39 is 34.7 Å². The summed E-state index contributed by atoms with van der Waals surface area (Å²) in [7, 11) is 0. The maximum Gasteiger partial charge on any atom is 0.251 e. The summed E-state index contributed by atoms with van der Waals surface area (Å²) in [4.78, 5) is 16.4. The van der Waals surface area contributed by atoms with Gasteiger partial charge in [-0.3, -0.25) is 4.79 Å². The van der Waals surface area contributed by atoms with Crippen LogP contribution in [0.25, 0.3) is 22.6 Å². The summed E-state index contributed by atoms with van der Waals surface area (Å²) >= 11 is 0. The molecule has 6 rings (SSSR count). The number of carbonyl (C=O) groups is 1. The van der Waals surface area contributed by atoms with E-state index in [9.17, 15) is 23.1 Å². The van der Waals surface area contributed by atoms with E-state index in [2.05, 4.69) is 10.3 Å². The number of amides is 1. The third kappa shape index (κ3) is 2.32. The summed E-state index contributed by atoms with van der Waals surface area (Å²) in [5.74, 6) is -5.45. The first-order valence-electron chi connectivity index (χ1n) is 8.45. The monoisotopic (exact) mass is 374 g/mol. The lowest BCUT2D eigenvalue weighted by atomic mass is 9.50. The molecule has 27 heavy (non-hydrogen) atoms. The molecule has 0 saturated heterocycles. The number of phenols is 1. The zero-order valence-electron chi connectivity index (χ0n) is 13.9. The number of nitrogens with one attached hydrogen (secondary N) is 1. The molecule has 8 heteroatoms. The minimum absolute atomic E-state index is 0.0798. The fraction of sp³-hybridized carbons (Fsp3) is 0.263. The molecular formula is C19H13F3N2O3. The molecule has 0 radical (unpaired) electrons. The minimum Gasteiger partial charge on any atom is -0.503 e. The average Bonchev–Trinajstić information content (AvgIpc) is 2.97. The molecule has 2 N–H and O–H groups in total. The third-order valence-corrected chi connectivity index (χ3v) is 5.43. The van der Waals surface area contributed by atoms with Crippen molar-refractivity contribution in [3.05, 3.63) is 47.3 Å². The first-order chi connectivity index (χ1) is 12.8. The normalized spacial score (nSPS) is 23.0. The first-order valence-corrected chi connectivity index (χ1v) is 8.45. The molecule has 0 spiro atoms. The molecule has 2 aromatic carbocycles. The Kier molecular flexibility index (Phi) is 3.14. The van der Waals surface area contributed by atoms with Gasteiger partial charge in [-0.25, -0.2) is 18.2 Å². The molecule has 2 bridgehead atoms. The minimum atomic E-state index is -1.50. The maximum atomic E-state index is 14.1. The molecule has 3 fully saturated rings. The molecule has 1 heterocycles. The van der Waals surface area contributed by atoms with E-state index in [1.807, 2.05) is 0 Å². The van der Waals surface area contributed by atoms with Crippen molar-refractivity contribution in [2.75, 3.05) is 0 Å². The highest BCUT2D eigenvalue weighted by atomic mass is 19.1. The van der Waals surface area contributed by atoms with E-state index >= 15 is 0 Å². The van der Waals surface area contributed by atoms with Gasteiger partial charge in [0, 0.05) is 17.2 Å².